The smallest absolute Gasteiger partial charge is 0.247 e. The molecule has 0 aliphatic carbocycles. The maximum atomic E-state index is 9.31. The van der Waals surface area contributed by atoms with Crippen LogP contribution >= 0.6 is 0 Å². The summed E-state index contributed by atoms with van der Waals surface area (Å²) < 4.78 is 1.67. The Morgan fingerprint density at radius 1 is 1.00 bits per heavy atom. The van der Waals surface area contributed by atoms with Gasteiger partial charge >= 0.3 is 0 Å². The van der Waals surface area contributed by atoms with Crippen LogP contribution in [0.25, 0.3) is 5.69 Å². The Morgan fingerprint density at radius 3 is 2.39 bits per heavy atom. The Kier molecular flexibility index (Phi) is 4.95. The number of aromatic nitrogens is 4. The van der Waals surface area contributed by atoms with Crippen molar-refractivity contribution in [1.82, 2.24) is 20.2 Å². The number of aliphatic hydroxyl groups excluding tert-OH is 1. The number of tetrazole rings is 1. The maximum Gasteiger partial charge on any atom is 0.247 e. The van der Waals surface area contributed by atoms with Crippen LogP contribution in [-0.4, -0.2) is 38.5 Å². The van der Waals surface area contributed by atoms with Crippen molar-refractivity contribution in [2.45, 2.75) is 12.3 Å². The lowest BCUT2D eigenvalue weighted by molar-refractivity contribution is 0.277. The van der Waals surface area contributed by atoms with E-state index in [1.807, 2.05) is 48.5 Å². The molecule has 1 atom stereocenters. The highest BCUT2D eigenvalue weighted by Gasteiger charge is 2.13. The van der Waals surface area contributed by atoms with Crippen molar-refractivity contribution in [3.8, 4) is 5.69 Å². The van der Waals surface area contributed by atoms with Gasteiger partial charge in [0.1, 0.15) is 0 Å². The maximum absolute atomic E-state index is 9.31. The molecule has 6 nitrogen and oxygen atoms in total. The molecular weight excluding hydrogens is 290 g/mol. The van der Waals surface area contributed by atoms with Gasteiger partial charge in [0.2, 0.25) is 5.95 Å². The summed E-state index contributed by atoms with van der Waals surface area (Å²) in [4.78, 5) is 0. The third-order valence-electron chi connectivity index (χ3n) is 3.73. The first kappa shape index (κ1) is 15.2. The van der Waals surface area contributed by atoms with E-state index < -0.39 is 0 Å². The minimum Gasteiger partial charge on any atom is -0.396 e. The molecule has 0 saturated heterocycles. The predicted octanol–water partition coefficient (Wildman–Crippen LogP) is 2.24. The largest absolute Gasteiger partial charge is 0.396 e. The fourth-order valence-electron chi connectivity index (χ4n) is 2.52. The van der Waals surface area contributed by atoms with E-state index >= 15 is 0 Å². The van der Waals surface area contributed by atoms with Gasteiger partial charge in [0.15, 0.2) is 0 Å². The number of nitrogens with zero attached hydrogens (tertiary/aromatic N) is 4. The zero-order valence-electron chi connectivity index (χ0n) is 12.7. The van der Waals surface area contributed by atoms with Crippen molar-refractivity contribution in [2.75, 3.05) is 18.5 Å². The lowest BCUT2D eigenvalue weighted by Gasteiger charge is -2.17. The molecule has 2 aromatic carbocycles. The zero-order valence-corrected chi connectivity index (χ0v) is 12.7. The summed E-state index contributed by atoms with van der Waals surface area (Å²) in [5.41, 5.74) is 2.09. The first-order valence-electron chi connectivity index (χ1n) is 7.62. The van der Waals surface area contributed by atoms with Gasteiger partial charge in [-0.1, -0.05) is 53.6 Å². The second-order valence-corrected chi connectivity index (χ2v) is 5.25. The summed E-state index contributed by atoms with van der Waals surface area (Å²) >= 11 is 0. The van der Waals surface area contributed by atoms with Crippen LogP contribution in [0.2, 0.25) is 0 Å². The number of rotatable bonds is 7. The molecule has 0 saturated carbocycles. The summed E-state index contributed by atoms with van der Waals surface area (Å²) in [6.07, 6.45) is 0.684. The lowest BCUT2D eigenvalue weighted by atomic mass is 9.96. The SMILES string of the molecule is OCCC(CNc1nnnn1-c1ccccc1)c1ccccc1. The van der Waals surface area contributed by atoms with Crippen LogP contribution in [0.15, 0.2) is 60.7 Å². The topological polar surface area (TPSA) is 75.9 Å². The Balaban J connectivity index is 1.74. The standard InChI is InChI=1S/C17H19N5O/c23-12-11-15(14-7-3-1-4-8-14)13-18-17-19-20-21-22(17)16-9-5-2-6-10-16/h1-10,15,23H,11-13H2,(H,18,19,21). The number of para-hydroxylation sites is 1. The zero-order chi connectivity index (χ0) is 15.9. The molecule has 1 heterocycles. The second-order valence-electron chi connectivity index (χ2n) is 5.25. The molecular formula is C17H19N5O. The monoisotopic (exact) mass is 309 g/mol. The van der Waals surface area contributed by atoms with Crippen LogP contribution in [0.5, 0.6) is 0 Å². The van der Waals surface area contributed by atoms with Crippen LogP contribution < -0.4 is 5.32 Å². The minimum absolute atomic E-state index is 0.144. The molecule has 0 aliphatic rings. The number of hydrogen-bond acceptors (Lipinski definition) is 5. The number of anilines is 1. The fraction of sp³-hybridized carbons (Fsp3) is 0.235. The normalized spacial score (nSPS) is 12.0. The highest BCUT2D eigenvalue weighted by molar-refractivity contribution is 5.38. The molecule has 118 valence electrons. The van der Waals surface area contributed by atoms with Gasteiger partial charge in [0, 0.05) is 19.1 Å². The van der Waals surface area contributed by atoms with Crippen LogP contribution in [-0.2, 0) is 0 Å². The molecule has 1 aromatic heterocycles. The third kappa shape index (κ3) is 3.73. The molecule has 6 heteroatoms. The highest BCUT2D eigenvalue weighted by Crippen LogP contribution is 2.20. The Morgan fingerprint density at radius 2 is 1.70 bits per heavy atom. The van der Waals surface area contributed by atoms with Crippen molar-refractivity contribution in [1.29, 1.82) is 0 Å². The molecule has 0 aliphatic heterocycles. The van der Waals surface area contributed by atoms with E-state index in [0.717, 1.165) is 5.69 Å². The summed E-state index contributed by atoms with van der Waals surface area (Å²) in [7, 11) is 0. The summed E-state index contributed by atoms with van der Waals surface area (Å²) in [6.45, 7) is 0.794. The number of nitrogens with one attached hydrogen (secondary N) is 1. The molecule has 2 N–H and O–H groups in total. The van der Waals surface area contributed by atoms with E-state index in [1.54, 1.807) is 4.68 Å². The van der Waals surface area contributed by atoms with Crippen LogP contribution in [0.1, 0.15) is 17.9 Å². The Labute approximate surface area is 134 Å². The minimum atomic E-state index is 0.144. The van der Waals surface area contributed by atoms with Gasteiger partial charge in [-0.05, 0) is 34.5 Å². The fourth-order valence-corrected chi connectivity index (χ4v) is 2.52. The second kappa shape index (κ2) is 7.51. The Hall–Kier alpha value is -2.73. The van der Waals surface area contributed by atoms with Crippen molar-refractivity contribution in [3.05, 3.63) is 66.2 Å². The van der Waals surface area contributed by atoms with Gasteiger partial charge in [-0.2, -0.15) is 4.68 Å². The quantitative estimate of drug-likeness (QED) is 0.700. The highest BCUT2D eigenvalue weighted by atomic mass is 16.3. The van der Waals surface area contributed by atoms with Gasteiger partial charge in [-0.3, -0.25) is 0 Å². The van der Waals surface area contributed by atoms with Crippen LogP contribution in [0, 0.1) is 0 Å². The molecule has 0 fully saturated rings. The van der Waals surface area contributed by atoms with E-state index in [-0.39, 0.29) is 12.5 Å². The van der Waals surface area contributed by atoms with Crippen LogP contribution in [0.3, 0.4) is 0 Å². The van der Waals surface area contributed by atoms with Gasteiger partial charge in [0.25, 0.3) is 0 Å². The van der Waals surface area contributed by atoms with Crippen LogP contribution in [0.4, 0.5) is 5.95 Å². The number of benzene rings is 2. The van der Waals surface area contributed by atoms with Crippen molar-refractivity contribution >= 4 is 5.95 Å². The van der Waals surface area contributed by atoms with Gasteiger partial charge < -0.3 is 10.4 Å². The molecule has 3 aromatic rings. The lowest BCUT2D eigenvalue weighted by Crippen LogP contribution is -2.16. The third-order valence-corrected chi connectivity index (χ3v) is 3.73. The van der Waals surface area contributed by atoms with Gasteiger partial charge in [-0.15, -0.1) is 0 Å². The average molecular weight is 309 g/mol. The van der Waals surface area contributed by atoms with E-state index in [1.165, 1.54) is 5.56 Å². The summed E-state index contributed by atoms with van der Waals surface area (Å²) in [5, 5.41) is 24.4. The van der Waals surface area contributed by atoms with Crippen molar-refractivity contribution < 1.29 is 5.11 Å². The van der Waals surface area contributed by atoms with Crippen molar-refractivity contribution in [2.24, 2.45) is 0 Å². The molecule has 1 unspecified atom stereocenters. The van der Waals surface area contributed by atoms with Gasteiger partial charge in [-0.25, -0.2) is 0 Å². The first-order valence-corrected chi connectivity index (χ1v) is 7.62. The first-order chi connectivity index (χ1) is 11.4. The number of hydrogen-bond donors (Lipinski definition) is 2. The summed E-state index contributed by atoms with van der Waals surface area (Å²) in [5.74, 6) is 0.789. The molecule has 3 rings (SSSR count). The number of aliphatic hydroxyl groups is 1. The summed E-state index contributed by atoms with van der Waals surface area (Å²) in [6, 6.07) is 19.9. The Bertz CT molecular complexity index is 714. The molecule has 0 radical (unpaired) electrons. The molecule has 0 spiro atoms. The van der Waals surface area contributed by atoms with E-state index in [9.17, 15) is 5.11 Å². The van der Waals surface area contributed by atoms with Crippen molar-refractivity contribution in [3.63, 3.8) is 0 Å². The van der Waals surface area contributed by atoms with E-state index in [4.69, 9.17) is 0 Å². The average Bonchev–Trinajstić information content (AvgIpc) is 3.09. The van der Waals surface area contributed by atoms with E-state index in [2.05, 4.69) is 33.0 Å². The van der Waals surface area contributed by atoms with E-state index in [0.29, 0.717) is 18.9 Å². The molecule has 0 amide bonds. The van der Waals surface area contributed by atoms with Gasteiger partial charge in [0.05, 0.1) is 5.69 Å². The molecule has 23 heavy (non-hydrogen) atoms. The predicted molar refractivity (Wildman–Crippen MR) is 88.5 cm³/mol. The molecule has 0 bridgehead atoms.